The van der Waals surface area contributed by atoms with Crippen LogP contribution in [0, 0.1) is 6.92 Å². The number of aromatic nitrogens is 3. The molecule has 1 aromatic carbocycles. The highest BCUT2D eigenvalue weighted by Gasteiger charge is 2.11. The Morgan fingerprint density at radius 3 is 2.68 bits per heavy atom. The van der Waals surface area contributed by atoms with Crippen LogP contribution < -0.4 is 5.32 Å². The van der Waals surface area contributed by atoms with Crippen LogP contribution in [-0.2, 0) is 0 Å². The lowest BCUT2D eigenvalue weighted by atomic mass is 10.2. The molecule has 0 spiro atoms. The summed E-state index contributed by atoms with van der Waals surface area (Å²) >= 11 is 3.37. The SMILES string of the molecule is Cc1ccc(C(=O)Nc2ccccc2-n2cc(Br)cn2)cn1. The number of amides is 1. The predicted octanol–water partition coefficient (Wildman–Crippen LogP) is 3.59. The van der Waals surface area contributed by atoms with E-state index in [0.29, 0.717) is 11.3 Å². The van der Waals surface area contributed by atoms with E-state index in [4.69, 9.17) is 0 Å². The number of pyridine rings is 1. The zero-order chi connectivity index (χ0) is 15.5. The van der Waals surface area contributed by atoms with Crippen LogP contribution in [0.3, 0.4) is 0 Å². The van der Waals surface area contributed by atoms with Crippen LogP contribution >= 0.6 is 15.9 Å². The Morgan fingerprint density at radius 1 is 1.18 bits per heavy atom. The standard InChI is InChI=1S/C16H13BrN4O/c1-11-6-7-12(8-18-11)16(22)20-14-4-2-3-5-15(14)21-10-13(17)9-19-21/h2-10H,1H3,(H,20,22). The van der Waals surface area contributed by atoms with Crippen molar-refractivity contribution in [3.8, 4) is 5.69 Å². The van der Waals surface area contributed by atoms with Crippen LogP contribution in [0.2, 0.25) is 0 Å². The van der Waals surface area contributed by atoms with Gasteiger partial charge in [0.2, 0.25) is 0 Å². The van der Waals surface area contributed by atoms with Crippen LogP contribution in [0.25, 0.3) is 5.69 Å². The van der Waals surface area contributed by atoms with E-state index in [0.717, 1.165) is 15.9 Å². The maximum absolute atomic E-state index is 12.3. The number of aryl methyl sites for hydroxylation is 1. The van der Waals surface area contributed by atoms with E-state index in [-0.39, 0.29) is 5.91 Å². The third kappa shape index (κ3) is 3.07. The average Bonchev–Trinajstić information content (AvgIpc) is 2.95. The van der Waals surface area contributed by atoms with Crippen molar-refractivity contribution in [3.05, 3.63) is 70.7 Å². The maximum atomic E-state index is 12.3. The molecular formula is C16H13BrN4O. The van der Waals surface area contributed by atoms with Gasteiger partial charge in [0.25, 0.3) is 5.91 Å². The Labute approximate surface area is 136 Å². The van der Waals surface area contributed by atoms with Crippen molar-refractivity contribution in [3.63, 3.8) is 0 Å². The summed E-state index contributed by atoms with van der Waals surface area (Å²) in [5.41, 5.74) is 2.87. The lowest BCUT2D eigenvalue weighted by Crippen LogP contribution is -2.14. The second-order valence-corrected chi connectivity index (χ2v) is 5.68. The van der Waals surface area contributed by atoms with Gasteiger partial charge in [0, 0.05) is 18.1 Å². The van der Waals surface area contributed by atoms with Crippen molar-refractivity contribution in [1.82, 2.24) is 14.8 Å². The molecular weight excluding hydrogens is 344 g/mol. The zero-order valence-corrected chi connectivity index (χ0v) is 13.4. The molecule has 3 aromatic rings. The van der Waals surface area contributed by atoms with Crippen molar-refractivity contribution in [2.75, 3.05) is 5.32 Å². The first-order chi connectivity index (χ1) is 10.6. The first-order valence-electron chi connectivity index (χ1n) is 6.67. The number of hydrogen-bond donors (Lipinski definition) is 1. The molecule has 0 aliphatic rings. The van der Waals surface area contributed by atoms with Crippen LogP contribution in [0.1, 0.15) is 16.1 Å². The Hall–Kier alpha value is -2.47. The third-order valence-electron chi connectivity index (χ3n) is 3.12. The maximum Gasteiger partial charge on any atom is 0.257 e. The number of carbonyl (C=O) groups excluding carboxylic acids is 1. The van der Waals surface area contributed by atoms with Gasteiger partial charge in [-0.3, -0.25) is 9.78 Å². The number of hydrogen-bond acceptors (Lipinski definition) is 3. The van der Waals surface area contributed by atoms with Gasteiger partial charge in [0.15, 0.2) is 0 Å². The average molecular weight is 357 g/mol. The van der Waals surface area contributed by atoms with Gasteiger partial charge in [-0.15, -0.1) is 0 Å². The van der Waals surface area contributed by atoms with Gasteiger partial charge < -0.3 is 5.32 Å². The number of nitrogens with zero attached hydrogens (tertiary/aromatic N) is 3. The van der Waals surface area contributed by atoms with E-state index >= 15 is 0 Å². The molecule has 1 N–H and O–H groups in total. The van der Waals surface area contributed by atoms with Crippen LogP contribution in [0.15, 0.2) is 59.5 Å². The first kappa shape index (κ1) is 14.5. The molecule has 3 rings (SSSR count). The van der Waals surface area contributed by atoms with Gasteiger partial charge in [-0.1, -0.05) is 12.1 Å². The van der Waals surface area contributed by atoms with Gasteiger partial charge in [-0.2, -0.15) is 5.10 Å². The zero-order valence-electron chi connectivity index (χ0n) is 11.8. The lowest BCUT2D eigenvalue weighted by molar-refractivity contribution is 0.102. The molecule has 0 unspecified atom stereocenters. The molecule has 6 heteroatoms. The van der Waals surface area contributed by atoms with E-state index in [9.17, 15) is 4.79 Å². The van der Waals surface area contributed by atoms with Gasteiger partial charge in [0.05, 0.1) is 27.6 Å². The molecule has 2 heterocycles. The molecule has 2 aromatic heterocycles. The molecule has 0 aliphatic heterocycles. The smallest absolute Gasteiger partial charge is 0.257 e. The van der Waals surface area contributed by atoms with Crippen LogP contribution in [-0.4, -0.2) is 20.7 Å². The molecule has 0 aliphatic carbocycles. The molecule has 0 bridgehead atoms. The van der Waals surface area contributed by atoms with E-state index < -0.39 is 0 Å². The summed E-state index contributed by atoms with van der Waals surface area (Å²) in [6, 6.07) is 11.1. The second-order valence-electron chi connectivity index (χ2n) is 4.76. The minimum Gasteiger partial charge on any atom is -0.320 e. The van der Waals surface area contributed by atoms with Crippen molar-refractivity contribution >= 4 is 27.5 Å². The highest BCUT2D eigenvalue weighted by atomic mass is 79.9. The quantitative estimate of drug-likeness (QED) is 0.779. The number of carbonyl (C=O) groups is 1. The summed E-state index contributed by atoms with van der Waals surface area (Å²) in [5, 5.41) is 7.14. The Balaban J connectivity index is 1.89. The van der Waals surface area contributed by atoms with E-state index in [1.807, 2.05) is 43.5 Å². The van der Waals surface area contributed by atoms with Crippen molar-refractivity contribution < 1.29 is 4.79 Å². The minimum absolute atomic E-state index is 0.203. The Morgan fingerprint density at radius 2 is 2.00 bits per heavy atom. The summed E-state index contributed by atoms with van der Waals surface area (Å²) in [6.07, 6.45) is 5.10. The topological polar surface area (TPSA) is 59.8 Å². The highest BCUT2D eigenvalue weighted by Crippen LogP contribution is 2.21. The van der Waals surface area contributed by atoms with E-state index in [1.54, 1.807) is 23.1 Å². The van der Waals surface area contributed by atoms with Gasteiger partial charge in [-0.25, -0.2) is 4.68 Å². The third-order valence-corrected chi connectivity index (χ3v) is 3.53. The first-order valence-corrected chi connectivity index (χ1v) is 7.46. The van der Waals surface area contributed by atoms with Crippen molar-refractivity contribution in [1.29, 1.82) is 0 Å². The molecule has 1 amide bonds. The summed E-state index contributed by atoms with van der Waals surface area (Å²) in [7, 11) is 0. The molecule has 0 fully saturated rings. The molecule has 110 valence electrons. The second kappa shape index (κ2) is 6.11. The van der Waals surface area contributed by atoms with Crippen molar-refractivity contribution in [2.24, 2.45) is 0 Å². The fraction of sp³-hybridized carbons (Fsp3) is 0.0625. The summed E-state index contributed by atoms with van der Waals surface area (Å²) < 4.78 is 2.57. The van der Waals surface area contributed by atoms with Gasteiger partial charge >= 0.3 is 0 Å². The normalized spacial score (nSPS) is 10.5. The largest absolute Gasteiger partial charge is 0.320 e. The molecule has 22 heavy (non-hydrogen) atoms. The summed E-state index contributed by atoms with van der Waals surface area (Å²) in [4.78, 5) is 16.5. The summed E-state index contributed by atoms with van der Waals surface area (Å²) in [5.74, 6) is -0.203. The Kier molecular flexibility index (Phi) is 4.02. The lowest BCUT2D eigenvalue weighted by Gasteiger charge is -2.11. The van der Waals surface area contributed by atoms with E-state index in [1.165, 1.54) is 0 Å². The number of halogens is 1. The number of para-hydroxylation sites is 2. The monoisotopic (exact) mass is 356 g/mol. The number of nitrogens with one attached hydrogen (secondary N) is 1. The number of anilines is 1. The fourth-order valence-corrected chi connectivity index (χ4v) is 2.29. The minimum atomic E-state index is -0.203. The molecule has 5 nitrogen and oxygen atoms in total. The Bertz CT molecular complexity index is 811. The molecule has 0 saturated carbocycles. The molecule has 0 atom stereocenters. The fourth-order valence-electron chi connectivity index (χ4n) is 2.01. The highest BCUT2D eigenvalue weighted by molar-refractivity contribution is 9.10. The number of rotatable bonds is 3. The van der Waals surface area contributed by atoms with Crippen molar-refractivity contribution in [2.45, 2.75) is 6.92 Å². The van der Waals surface area contributed by atoms with Gasteiger partial charge in [0.1, 0.15) is 0 Å². The summed E-state index contributed by atoms with van der Waals surface area (Å²) in [6.45, 7) is 1.88. The van der Waals surface area contributed by atoms with Gasteiger partial charge in [-0.05, 0) is 47.1 Å². The van der Waals surface area contributed by atoms with Crippen LogP contribution in [0.5, 0.6) is 0 Å². The van der Waals surface area contributed by atoms with E-state index in [2.05, 4.69) is 31.3 Å². The molecule has 0 saturated heterocycles. The number of benzene rings is 1. The molecule has 0 radical (unpaired) electrons. The predicted molar refractivity (Wildman–Crippen MR) is 88.2 cm³/mol. The van der Waals surface area contributed by atoms with Crippen LogP contribution in [0.4, 0.5) is 5.69 Å².